The van der Waals surface area contributed by atoms with Gasteiger partial charge in [-0.15, -0.1) is 0 Å². The number of para-hydroxylation sites is 1. The molecule has 0 aliphatic rings. The van der Waals surface area contributed by atoms with E-state index in [0.717, 1.165) is 67.6 Å². The van der Waals surface area contributed by atoms with Gasteiger partial charge in [0.15, 0.2) is 0 Å². The standard InChI is InChI=1S/C32H44N2O5/c1-5-9-14-24(7-3)22-38-28-19-18-25(23-39-27(8-4)17-10-6-2)29(20-28)34-31(36)21-30(35)33(32(34)37)26-15-12-11-13-16-26/h11-13,15-16,18-21,24,27,36H,5-10,14,17,22-23H2,1-4H3. The Morgan fingerprint density at radius 3 is 2.23 bits per heavy atom. The van der Waals surface area contributed by atoms with Crippen LogP contribution >= 0.6 is 0 Å². The van der Waals surface area contributed by atoms with Crippen LogP contribution in [0.1, 0.15) is 84.6 Å². The number of benzene rings is 2. The minimum absolute atomic E-state index is 0.0983. The second-order valence-corrected chi connectivity index (χ2v) is 10.1. The van der Waals surface area contributed by atoms with Crippen molar-refractivity contribution in [1.29, 1.82) is 0 Å². The van der Waals surface area contributed by atoms with Gasteiger partial charge in [-0.2, -0.15) is 0 Å². The summed E-state index contributed by atoms with van der Waals surface area (Å²) in [5, 5.41) is 10.9. The summed E-state index contributed by atoms with van der Waals surface area (Å²) in [7, 11) is 0. The zero-order valence-electron chi connectivity index (χ0n) is 23.9. The van der Waals surface area contributed by atoms with Crippen molar-refractivity contribution >= 4 is 0 Å². The van der Waals surface area contributed by atoms with E-state index in [1.807, 2.05) is 18.2 Å². The summed E-state index contributed by atoms with van der Waals surface area (Å²) in [5.41, 5.74) is 0.339. The van der Waals surface area contributed by atoms with E-state index < -0.39 is 17.1 Å². The van der Waals surface area contributed by atoms with Crippen molar-refractivity contribution in [2.75, 3.05) is 6.61 Å². The number of hydrogen-bond acceptors (Lipinski definition) is 5. The van der Waals surface area contributed by atoms with Crippen LogP contribution in [0.2, 0.25) is 0 Å². The van der Waals surface area contributed by atoms with Gasteiger partial charge in [-0.3, -0.25) is 4.79 Å². The van der Waals surface area contributed by atoms with Crippen molar-refractivity contribution in [2.24, 2.45) is 5.92 Å². The van der Waals surface area contributed by atoms with E-state index in [1.54, 1.807) is 30.3 Å². The SMILES string of the molecule is CCCCC(CC)COc1ccc(COC(CC)CCCC)c(-n2c(O)cc(=O)n(-c3ccccc3)c2=O)c1. The predicted molar refractivity (Wildman–Crippen MR) is 156 cm³/mol. The van der Waals surface area contributed by atoms with Gasteiger partial charge in [0, 0.05) is 11.6 Å². The van der Waals surface area contributed by atoms with E-state index in [-0.39, 0.29) is 12.7 Å². The largest absolute Gasteiger partial charge is 0.494 e. The van der Waals surface area contributed by atoms with E-state index in [2.05, 4.69) is 27.7 Å². The average molecular weight is 537 g/mol. The molecule has 0 saturated heterocycles. The highest BCUT2D eigenvalue weighted by Crippen LogP contribution is 2.26. The van der Waals surface area contributed by atoms with Crippen molar-refractivity contribution in [3.8, 4) is 23.0 Å². The summed E-state index contributed by atoms with van der Waals surface area (Å²) >= 11 is 0. The van der Waals surface area contributed by atoms with Crippen molar-refractivity contribution < 1.29 is 14.6 Å². The number of aromatic nitrogens is 2. The van der Waals surface area contributed by atoms with Gasteiger partial charge in [-0.25, -0.2) is 13.9 Å². The number of nitrogens with zero attached hydrogens (tertiary/aromatic N) is 2. The molecule has 0 saturated carbocycles. The zero-order valence-corrected chi connectivity index (χ0v) is 23.9. The Hall–Kier alpha value is -3.32. The Labute approximate surface area is 232 Å². The summed E-state index contributed by atoms with van der Waals surface area (Å²) in [6.07, 6.45) is 8.55. The normalized spacial score (nSPS) is 12.8. The third-order valence-corrected chi connectivity index (χ3v) is 7.24. The van der Waals surface area contributed by atoms with Crippen molar-refractivity contribution in [2.45, 2.75) is 91.8 Å². The van der Waals surface area contributed by atoms with Crippen LogP contribution in [0.5, 0.6) is 11.6 Å². The van der Waals surface area contributed by atoms with Crippen molar-refractivity contribution in [3.05, 3.63) is 81.0 Å². The van der Waals surface area contributed by atoms with Gasteiger partial charge in [-0.1, -0.05) is 84.1 Å². The van der Waals surface area contributed by atoms with E-state index in [0.29, 0.717) is 29.6 Å². The fourth-order valence-electron chi connectivity index (χ4n) is 4.69. The first kappa shape index (κ1) is 30.2. The molecular weight excluding hydrogens is 492 g/mol. The molecule has 0 fully saturated rings. The Morgan fingerprint density at radius 2 is 1.56 bits per heavy atom. The van der Waals surface area contributed by atoms with Crippen LogP contribution in [0.3, 0.4) is 0 Å². The summed E-state index contributed by atoms with van der Waals surface area (Å²) in [6.45, 7) is 9.46. The molecule has 212 valence electrons. The van der Waals surface area contributed by atoms with Gasteiger partial charge in [0.05, 0.1) is 36.8 Å². The smallest absolute Gasteiger partial charge is 0.343 e. The molecule has 7 nitrogen and oxygen atoms in total. The zero-order chi connectivity index (χ0) is 28.2. The van der Waals surface area contributed by atoms with Crippen molar-refractivity contribution in [3.63, 3.8) is 0 Å². The van der Waals surface area contributed by atoms with E-state index in [1.165, 1.54) is 4.57 Å². The van der Waals surface area contributed by atoms with E-state index in [9.17, 15) is 14.7 Å². The monoisotopic (exact) mass is 536 g/mol. The first-order valence-electron chi connectivity index (χ1n) is 14.4. The topological polar surface area (TPSA) is 82.7 Å². The van der Waals surface area contributed by atoms with Gasteiger partial charge in [-0.05, 0) is 43.4 Å². The number of aromatic hydroxyl groups is 1. The number of rotatable bonds is 16. The molecule has 2 unspecified atom stereocenters. The van der Waals surface area contributed by atoms with Gasteiger partial charge in [0.1, 0.15) is 5.75 Å². The molecule has 0 amide bonds. The summed E-state index contributed by atoms with van der Waals surface area (Å²) in [6, 6.07) is 15.3. The third-order valence-electron chi connectivity index (χ3n) is 7.24. The van der Waals surface area contributed by atoms with Crippen LogP contribution < -0.4 is 16.0 Å². The Balaban J connectivity index is 2.05. The van der Waals surface area contributed by atoms with Crippen LogP contribution in [0.15, 0.2) is 64.2 Å². The molecule has 2 atom stereocenters. The molecule has 3 aromatic rings. The second kappa shape index (κ2) is 15.3. The highest BCUT2D eigenvalue weighted by atomic mass is 16.5. The molecule has 1 heterocycles. The average Bonchev–Trinajstić information content (AvgIpc) is 2.94. The van der Waals surface area contributed by atoms with Crippen LogP contribution in [-0.4, -0.2) is 27.0 Å². The van der Waals surface area contributed by atoms with Gasteiger partial charge >= 0.3 is 5.69 Å². The van der Waals surface area contributed by atoms with Crippen LogP contribution in [0.4, 0.5) is 0 Å². The fraction of sp³-hybridized carbons (Fsp3) is 0.500. The van der Waals surface area contributed by atoms with Gasteiger partial charge in [0.2, 0.25) is 5.88 Å². The van der Waals surface area contributed by atoms with Crippen molar-refractivity contribution in [1.82, 2.24) is 9.13 Å². The Kier molecular flexibility index (Phi) is 11.9. The highest BCUT2D eigenvalue weighted by Gasteiger charge is 2.19. The molecule has 0 spiro atoms. The molecule has 1 N–H and O–H groups in total. The summed E-state index contributed by atoms with van der Waals surface area (Å²) < 4.78 is 14.7. The van der Waals surface area contributed by atoms with Crippen LogP contribution in [-0.2, 0) is 11.3 Å². The molecular formula is C32H44N2O5. The van der Waals surface area contributed by atoms with Crippen LogP contribution in [0.25, 0.3) is 11.4 Å². The highest BCUT2D eigenvalue weighted by molar-refractivity contribution is 5.48. The maximum absolute atomic E-state index is 13.7. The van der Waals surface area contributed by atoms with Crippen LogP contribution in [0, 0.1) is 5.92 Å². The minimum atomic E-state index is -0.656. The lowest BCUT2D eigenvalue weighted by atomic mass is 10.0. The molecule has 0 radical (unpaired) electrons. The molecule has 0 bridgehead atoms. The molecule has 7 heteroatoms. The molecule has 39 heavy (non-hydrogen) atoms. The molecule has 0 aliphatic carbocycles. The lowest BCUT2D eigenvalue weighted by Crippen LogP contribution is -2.37. The third kappa shape index (κ3) is 8.09. The molecule has 2 aromatic carbocycles. The lowest BCUT2D eigenvalue weighted by molar-refractivity contribution is 0.0312. The maximum atomic E-state index is 13.7. The minimum Gasteiger partial charge on any atom is -0.494 e. The lowest BCUT2D eigenvalue weighted by Gasteiger charge is -2.21. The van der Waals surface area contributed by atoms with Gasteiger partial charge < -0.3 is 14.6 Å². The van der Waals surface area contributed by atoms with E-state index in [4.69, 9.17) is 9.47 Å². The van der Waals surface area contributed by atoms with Gasteiger partial charge in [0.25, 0.3) is 5.56 Å². The fourth-order valence-corrected chi connectivity index (χ4v) is 4.69. The summed E-state index contributed by atoms with van der Waals surface area (Å²) in [5.74, 6) is 0.616. The first-order valence-corrected chi connectivity index (χ1v) is 14.4. The molecule has 3 rings (SSSR count). The molecule has 0 aliphatic heterocycles. The number of unbranched alkanes of at least 4 members (excludes halogenated alkanes) is 2. The quantitative estimate of drug-likeness (QED) is 0.218. The van der Waals surface area contributed by atoms with E-state index >= 15 is 0 Å². The number of ether oxygens (including phenoxy) is 2. The summed E-state index contributed by atoms with van der Waals surface area (Å²) in [4.78, 5) is 26.5. The second-order valence-electron chi connectivity index (χ2n) is 10.1. The maximum Gasteiger partial charge on any atom is 0.343 e. The predicted octanol–water partition coefficient (Wildman–Crippen LogP) is 6.77. The Morgan fingerprint density at radius 1 is 0.846 bits per heavy atom. The Bertz CT molecular complexity index is 1280. The first-order chi connectivity index (χ1) is 18.9. The number of hydrogen-bond donors (Lipinski definition) is 1. The molecule has 1 aromatic heterocycles.